The van der Waals surface area contributed by atoms with Gasteiger partial charge in [-0.3, -0.25) is 4.40 Å². The Morgan fingerprint density at radius 1 is 1.33 bits per heavy atom. The van der Waals surface area contributed by atoms with Gasteiger partial charge in [0.1, 0.15) is 0 Å². The molecule has 1 N–H and O–H groups in total. The molecule has 0 bridgehead atoms. The number of thiophene rings is 1. The molecule has 92 valence electrons. The summed E-state index contributed by atoms with van der Waals surface area (Å²) in [7, 11) is 0. The highest BCUT2D eigenvalue weighted by molar-refractivity contribution is 7.07. The fourth-order valence-corrected chi connectivity index (χ4v) is 2.58. The Balaban J connectivity index is 1.77. The van der Waals surface area contributed by atoms with E-state index >= 15 is 0 Å². The molecular formula is C13H14N4S. The van der Waals surface area contributed by atoms with Gasteiger partial charge in [-0.15, -0.1) is 10.2 Å². The van der Waals surface area contributed by atoms with E-state index < -0.39 is 0 Å². The molecule has 0 radical (unpaired) electrons. The van der Waals surface area contributed by atoms with Crippen molar-refractivity contribution in [3.8, 4) is 0 Å². The molecule has 0 aliphatic rings. The number of nitrogens with zero attached hydrogens (tertiary/aromatic N) is 3. The van der Waals surface area contributed by atoms with Crippen molar-refractivity contribution in [1.82, 2.24) is 19.9 Å². The first kappa shape index (κ1) is 11.4. The van der Waals surface area contributed by atoms with Crippen LogP contribution in [0.5, 0.6) is 0 Å². The average Bonchev–Trinajstić information content (AvgIpc) is 3.05. The van der Waals surface area contributed by atoms with Crippen LogP contribution in [0.4, 0.5) is 0 Å². The highest BCUT2D eigenvalue weighted by atomic mass is 32.1. The summed E-state index contributed by atoms with van der Waals surface area (Å²) in [6.07, 6.45) is 1.99. The minimum Gasteiger partial charge on any atom is -0.303 e. The topological polar surface area (TPSA) is 42.2 Å². The molecule has 3 rings (SSSR count). The largest absolute Gasteiger partial charge is 0.303 e. The first-order valence-corrected chi connectivity index (χ1v) is 6.83. The number of rotatable bonds is 4. The molecule has 5 heteroatoms. The third kappa shape index (κ3) is 2.14. The normalized spacial score (nSPS) is 12.9. The van der Waals surface area contributed by atoms with Crippen LogP contribution < -0.4 is 5.32 Å². The van der Waals surface area contributed by atoms with Crippen LogP contribution in [-0.2, 0) is 6.54 Å². The van der Waals surface area contributed by atoms with Crippen molar-refractivity contribution in [2.24, 2.45) is 0 Å². The molecular weight excluding hydrogens is 244 g/mol. The molecule has 0 aromatic carbocycles. The molecule has 18 heavy (non-hydrogen) atoms. The first-order chi connectivity index (χ1) is 8.84. The van der Waals surface area contributed by atoms with Crippen molar-refractivity contribution in [3.63, 3.8) is 0 Å². The maximum absolute atomic E-state index is 4.25. The van der Waals surface area contributed by atoms with Crippen LogP contribution in [0, 0.1) is 0 Å². The molecule has 0 aliphatic heterocycles. The van der Waals surface area contributed by atoms with Gasteiger partial charge in [0, 0.05) is 12.7 Å². The molecule has 3 aromatic rings. The second kappa shape index (κ2) is 4.88. The summed E-state index contributed by atoms with van der Waals surface area (Å²) in [5.41, 5.74) is 2.19. The minimum atomic E-state index is 0.169. The van der Waals surface area contributed by atoms with Crippen molar-refractivity contribution in [3.05, 3.63) is 52.6 Å². The summed E-state index contributed by atoms with van der Waals surface area (Å²) >= 11 is 1.72. The van der Waals surface area contributed by atoms with E-state index in [4.69, 9.17) is 0 Å². The predicted molar refractivity (Wildman–Crippen MR) is 72.6 cm³/mol. The molecule has 0 spiro atoms. The standard InChI is InChI=1S/C13H14N4S/c1-10(14-8-11-5-7-18-9-11)13-16-15-12-4-2-3-6-17(12)13/h2-7,9-10,14H,8H2,1H3. The molecule has 4 nitrogen and oxygen atoms in total. The number of pyridine rings is 1. The van der Waals surface area contributed by atoms with Crippen LogP contribution in [0.3, 0.4) is 0 Å². The van der Waals surface area contributed by atoms with Crippen LogP contribution in [0.25, 0.3) is 5.65 Å². The van der Waals surface area contributed by atoms with Gasteiger partial charge in [-0.1, -0.05) is 6.07 Å². The van der Waals surface area contributed by atoms with Gasteiger partial charge in [0.15, 0.2) is 11.5 Å². The number of fused-ring (bicyclic) bond motifs is 1. The number of nitrogens with one attached hydrogen (secondary N) is 1. The highest BCUT2D eigenvalue weighted by Gasteiger charge is 2.12. The lowest BCUT2D eigenvalue weighted by Crippen LogP contribution is -2.20. The Morgan fingerprint density at radius 3 is 3.11 bits per heavy atom. The number of aromatic nitrogens is 3. The third-order valence-electron chi connectivity index (χ3n) is 2.92. The zero-order chi connectivity index (χ0) is 12.4. The summed E-state index contributed by atoms with van der Waals surface area (Å²) in [6.45, 7) is 2.96. The van der Waals surface area contributed by atoms with Crippen molar-refractivity contribution in [2.75, 3.05) is 0 Å². The van der Waals surface area contributed by atoms with Crippen molar-refractivity contribution < 1.29 is 0 Å². The van der Waals surface area contributed by atoms with E-state index in [1.54, 1.807) is 11.3 Å². The summed E-state index contributed by atoms with van der Waals surface area (Å²) in [6, 6.07) is 8.22. The van der Waals surface area contributed by atoms with Gasteiger partial charge in [0.2, 0.25) is 0 Å². The van der Waals surface area contributed by atoms with E-state index in [9.17, 15) is 0 Å². The Hall–Kier alpha value is -1.72. The van der Waals surface area contributed by atoms with Gasteiger partial charge in [-0.2, -0.15) is 11.3 Å². The van der Waals surface area contributed by atoms with Crippen LogP contribution in [-0.4, -0.2) is 14.6 Å². The number of hydrogen-bond donors (Lipinski definition) is 1. The minimum absolute atomic E-state index is 0.169. The monoisotopic (exact) mass is 258 g/mol. The SMILES string of the molecule is CC(NCc1ccsc1)c1nnc2ccccn12. The van der Waals surface area contributed by atoms with Gasteiger partial charge in [0.25, 0.3) is 0 Å². The lowest BCUT2D eigenvalue weighted by molar-refractivity contribution is 0.542. The van der Waals surface area contributed by atoms with E-state index in [0.29, 0.717) is 0 Å². The zero-order valence-corrected chi connectivity index (χ0v) is 10.9. The summed E-state index contributed by atoms with van der Waals surface area (Å²) in [4.78, 5) is 0. The summed E-state index contributed by atoms with van der Waals surface area (Å²) in [5, 5.41) is 16.1. The molecule has 3 aromatic heterocycles. The van der Waals surface area contributed by atoms with Crippen LogP contribution >= 0.6 is 11.3 Å². The van der Waals surface area contributed by atoms with E-state index in [1.807, 2.05) is 28.8 Å². The van der Waals surface area contributed by atoms with Gasteiger partial charge >= 0.3 is 0 Å². The van der Waals surface area contributed by atoms with Crippen molar-refractivity contribution in [1.29, 1.82) is 0 Å². The second-order valence-electron chi connectivity index (χ2n) is 4.22. The Morgan fingerprint density at radius 2 is 2.28 bits per heavy atom. The van der Waals surface area contributed by atoms with Gasteiger partial charge in [-0.25, -0.2) is 0 Å². The van der Waals surface area contributed by atoms with E-state index in [1.165, 1.54) is 5.56 Å². The van der Waals surface area contributed by atoms with Gasteiger partial charge in [-0.05, 0) is 41.4 Å². The van der Waals surface area contributed by atoms with Crippen molar-refractivity contribution in [2.45, 2.75) is 19.5 Å². The number of hydrogen-bond acceptors (Lipinski definition) is 4. The van der Waals surface area contributed by atoms with Gasteiger partial charge < -0.3 is 5.32 Å². The van der Waals surface area contributed by atoms with E-state index in [2.05, 4.69) is 39.3 Å². The molecule has 1 atom stereocenters. The summed E-state index contributed by atoms with van der Waals surface area (Å²) in [5.74, 6) is 0.945. The molecule has 0 fully saturated rings. The third-order valence-corrected chi connectivity index (χ3v) is 3.65. The molecule has 0 amide bonds. The van der Waals surface area contributed by atoms with Crippen LogP contribution in [0.15, 0.2) is 41.2 Å². The quantitative estimate of drug-likeness (QED) is 0.782. The highest BCUT2D eigenvalue weighted by Crippen LogP contribution is 2.13. The Kier molecular flexibility index (Phi) is 3.08. The average molecular weight is 258 g/mol. The predicted octanol–water partition coefficient (Wildman–Crippen LogP) is 2.64. The fourth-order valence-electron chi connectivity index (χ4n) is 1.91. The smallest absolute Gasteiger partial charge is 0.160 e. The Labute approximate surface area is 109 Å². The lowest BCUT2D eigenvalue weighted by Gasteiger charge is -2.11. The second-order valence-corrected chi connectivity index (χ2v) is 5.00. The lowest BCUT2D eigenvalue weighted by atomic mass is 10.2. The van der Waals surface area contributed by atoms with E-state index in [-0.39, 0.29) is 6.04 Å². The summed E-state index contributed by atoms with van der Waals surface area (Å²) < 4.78 is 2.02. The zero-order valence-electron chi connectivity index (χ0n) is 10.1. The van der Waals surface area contributed by atoms with Gasteiger partial charge in [0.05, 0.1) is 6.04 Å². The van der Waals surface area contributed by atoms with E-state index in [0.717, 1.165) is 18.0 Å². The van der Waals surface area contributed by atoms with Crippen LogP contribution in [0.1, 0.15) is 24.4 Å². The van der Waals surface area contributed by atoms with Crippen LogP contribution in [0.2, 0.25) is 0 Å². The maximum atomic E-state index is 4.25. The van der Waals surface area contributed by atoms with Crippen molar-refractivity contribution >= 4 is 17.0 Å². The maximum Gasteiger partial charge on any atom is 0.160 e. The molecule has 3 heterocycles. The molecule has 0 aliphatic carbocycles. The fraction of sp³-hybridized carbons (Fsp3) is 0.231. The molecule has 1 unspecified atom stereocenters. The Bertz CT molecular complexity index is 629. The molecule has 0 saturated carbocycles. The molecule has 0 saturated heterocycles. The first-order valence-electron chi connectivity index (χ1n) is 5.89.